The molecule has 1 aromatic carbocycles. The molecule has 1 atom stereocenters. The molecule has 0 spiro atoms. The van der Waals surface area contributed by atoms with Gasteiger partial charge in [0.2, 0.25) is 0 Å². The summed E-state index contributed by atoms with van der Waals surface area (Å²) in [7, 11) is 0. The zero-order valence-corrected chi connectivity index (χ0v) is 11.7. The summed E-state index contributed by atoms with van der Waals surface area (Å²) < 4.78 is 0. The molecule has 1 saturated heterocycles. The van der Waals surface area contributed by atoms with E-state index in [9.17, 15) is 4.79 Å². The number of likely N-dealkylation sites (tertiary alicyclic amines) is 1. The number of hydrogen-bond donors (Lipinski definition) is 2. The lowest BCUT2D eigenvalue weighted by atomic mass is 10.1. The van der Waals surface area contributed by atoms with Gasteiger partial charge in [-0.25, -0.2) is 0 Å². The van der Waals surface area contributed by atoms with E-state index in [1.54, 1.807) is 0 Å². The number of nitrogens with zero attached hydrogens (tertiary/aromatic N) is 2. The average molecular weight is 272 g/mol. The lowest BCUT2D eigenvalue weighted by Gasteiger charge is -2.19. The van der Waals surface area contributed by atoms with Crippen LogP contribution in [0, 0.1) is 6.92 Å². The van der Waals surface area contributed by atoms with E-state index >= 15 is 0 Å². The van der Waals surface area contributed by atoms with Crippen molar-refractivity contribution in [2.24, 2.45) is 5.73 Å². The van der Waals surface area contributed by atoms with E-state index in [1.165, 1.54) is 0 Å². The topological polar surface area (TPSA) is 75.0 Å². The normalized spacial score (nSPS) is 20.1. The van der Waals surface area contributed by atoms with Gasteiger partial charge in [-0.1, -0.05) is 11.6 Å². The lowest BCUT2D eigenvalue weighted by molar-refractivity contribution is 0.0757. The van der Waals surface area contributed by atoms with Crippen LogP contribution in [0.4, 0.5) is 0 Å². The molecule has 1 aromatic heterocycles. The van der Waals surface area contributed by atoms with Crippen molar-refractivity contribution < 1.29 is 4.79 Å². The van der Waals surface area contributed by atoms with Crippen molar-refractivity contribution in [1.29, 1.82) is 0 Å². The molecule has 0 bridgehead atoms. The molecule has 0 aliphatic carbocycles. The van der Waals surface area contributed by atoms with Gasteiger partial charge in [0.1, 0.15) is 0 Å². The molecule has 106 valence electrons. The molecule has 2 heterocycles. The minimum Gasteiger partial charge on any atom is -0.337 e. The molecule has 1 aliphatic rings. The third-order valence-electron chi connectivity index (χ3n) is 3.98. The lowest BCUT2D eigenvalue weighted by Crippen LogP contribution is -2.33. The first kappa shape index (κ1) is 13.1. The number of benzene rings is 1. The van der Waals surface area contributed by atoms with Crippen molar-refractivity contribution in [2.75, 3.05) is 13.1 Å². The molecule has 0 radical (unpaired) electrons. The van der Waals surface area contributed by atoms with Gasteiger partial charge in [-0.3, -0.25) is 9.89 Å². The average Bonchev–Trinajstić information content (AvgIpc) is 2.72. The molecule has 5 nitrogen and oxygen atoms in total. The Morgan fingerprint density at radius 3 is 3.10 bits per heavy atom. The second-order valence-electron chi connectivity index (χ2n) is 5.60. The number of nitrogens with two attached hydrogens (primary N) is 1. The Balaban J connectivity index is 1.90. The summed E-state index contributed by atoms with van der Waals surface area (Å²) in [5.41, 5.74) is 8.53. The highest BCUT2D eigenvalue weighted by Gasteiger charge is 2.23. The van der Waals surface area contributed by atoms with Crippen LogP contribution < -0.4 is 5.73 Å². The van der Waals surface area contributed by atoms with Crippen LogP contribution in [0.5, 0.6) is 0 Å². The van der Waals surface area contributed by atoms with Crippen LogP contribution >= 0.6 is 0 Å². The number of aromatic nitrogens is 2. The highest BCUT2D eigenvalue weighted by molar-refractivity contribution is 6.04. The molecular formula is C15H20N4O. The predicted octanol–water partition coefficient (Wildman–Crippen LogP) is 1.82. The van der Waals surface area contributed by atoms with E-state index in [-0.39, 0.29) is 11.9 Å². The van der Waals surface area contributed by atoms with Gasteiger partial charge in [-0.15, -0.1) is 0 Å². The zero-order chi connectivity index (χ0) is 14.1. The number of rotatable bonds is 1. The van der Waals surface area contributed by atoms with Crippen molar-refractivity contribution in [2.45, 2.75) is 32.2 Å². The van der Waals surface area contributed by atoms with Crippen molar-refractivity contribution in [3.63, 3.8) is 0 Å². The van der Waals surface area contributed by atoms with E-state index in [4.69, 9.17) is 5.73 Å². The fraction of sp³-hybridized carbons (Fsp3) is 0.467. The quantitative estimate of drug-likeness (QED) is 0.831. The Hall–Kier alpha value is -1.88. The molecule has 1 amide bonds. The van der Waals surface area contributed by atoms with Crippen molar-refractivity contribution in [3.8, 4) is 0 Å². The fourth-order valence-electron chi connectivity index (χ4n) is 2.77. The van der Waals surface area contributed by atoms with E-state index < -0.39 is 0 Å². The molecule has 0 saturated carbocycles. The highest BCUT2D eigenvalue weighted by Crippen LogP contribution is 2.20. The summed E-state index contributed by atoms with van der Waals surface area (Å²) in [6, 6.07) is 6.20. The van der Waals surface area contributed by atoms with E-state index in [0.29, 0.717) is 5.69 Å². The summed E-state index contributed by atoms with van der Waals surface area (Å²) in [6.07, 6.45) is 2.83. The second kappa shape index (κ2) is 5.25. The number of H-pyrrole nitrogens is 1. The number of nitrogens with one attached hydrogen (secondary N) is 1. The smallest absolute Gasteiger partial charge is 0.274 e. The minimum atomic E-state index is 0.0101. The van der Waals surface area contributed by atoms with Gasteiger partial charge >= 0.3 is 0 Å². The third-order valence-corrected chi connectivity index (χ3v) is 3.98. The summed E-state index contributed by atoms with van der Waals surface area (Å²) in [4.78, 5) is 14.5. The number of carbonyl (C=O) groups is 1. The van der Waals surface area contributed by atoms with E-state index in [0.717, 1.165) is 48.8 Å². The monoisotopic (exact) mass is 272 g/mol. The molecule has 3 rings (SSSR count). The van der Waals surface area contributed by atoms with Crippen LogP contribution in [0.1, 0.15) is 35.3 Å². The van der Waals surface area contributed by atoms with Crippen LogP contribution in [-0.2, 0) is 0 Å². The van der Waals surface area contributed by atoms with Gasteiger partial charge in [0.05, 0.1) is 5.52 Å². The van der Waals surface area contributed by atoms with Gasteiger partial charge < -0.3 is 10.6 Å². The molecule has 20 heavy (non-hydrogen) atoms. The molecule has 1 aliphatic heterocycles. The maximum atomic E-state index is 12.6. The predicted molar refractivity (Wildman–Crippen MR) is 78.6 cm³/mol. The van der Waals surface area contributed by atoms with Crippen LogP contribution in [-0.4, -0.2) is 40.1 Å². The first-order valence-corrected chi connectivity index (χ1v) is 7.15. The van der Waals surface area contributed by atoms with E-state index in [1.807, 2.05) is 30.0 Å². The molecule has 5 heteroatoms. The van der Waals surface area contributed by atoms with Gasteiger partial charge in [-0.05, 0) is 38.3 Å². The molecule has 1 fully saturated rings. The summed E-state index contributed by atoms with van der Waals surface area (Å²) >= 11 is 0. The van der Waals surface area contributed by atoms with Gasteiger partial charge in [0.25, 0.3) is 5.91 Å². The summed E-state index contributed by atoms with van der Waals surface area (Å²) in [5, 5.41) is 8.06. The maximum Gasteiger partial charge on any atom is 0.274 e. The van der Waals surface area contributed by atoms with Gasteiger partial charge in [-0.2, -0.15) is 5.10 Å². The Bertz CT molecular complexity index is 634. The molecule has 3 N–H and O–H groups in total. The SMILES string of the molecule is Cc1ccc2[nH]nc(C(=O)N3CCC[C@H](N)CC3)c2c1. The molecule has 2 aromatic rings. The second-order valence-corrected chi connectivity index (χ2v) is 5.60. The van der Waals surface area contributed by atoms with Crippen molar-refractivity contribution >= 4 is 16.8 Å². The maximum absolute atomic E-state index is 12.6. The number of aryl methyl sites for hydroxylation is 1. The van der Waals surface area contributed by atoms with Crippen molar-refractivity contribution in [3.05, 3.63) is 29.5 Å². The first-order valence-electron chi connectivity index (χ1n) is 7.15. The molecular weight excluding hydrogens is 252 g/mol. The van der Waals surface area contributed by atoms with Gasteiger partial charge in [0.15, 0.2) is 5.69 Å². The van der Waals surface area contributed by atoms with Crippen LogP contribution in [0.2, 0.25) is 0 Å². The minimum absolute atomic E-state index is 0.0101. The Labute approximate surface area is 118 Å². The summed E-state index contributed by atoms with van der Waals surface area (Å²) in [5.74, 6) is 0.0101. The largest absolute Gasteiger partial charge is 0.337 e. The van der Waals surface area contributed by atoms with E-state index in [2.05, 4.69) is 10.2 Å². The Morgan fingerprint density at radius 2 is 2.25 bits per heavy atom. The summed E-state index contributed by atoms with van der Waals surface area (Å²) in [6.45, 7) is 3.51. The molecule has 0 unspecified atom stereocenters. The number of amides is 1. The zero-order valence-electron chi connectivity index (χ0n) is 11.7. The van der Waals surface area contributed by atoms with Crippen LogP contribution in [0.25, 0.3) is 10.9 Å². The number of aromatic amines is 1. The van der Waals surface area contributed by atoms with Crippen LogP contribution in [0.3, 0.4) is 0 Å². The third kappa shape index (κ3) is 2.41. The van der Waals surface area contributed by atoms with Crippen LogP contribution in [0.15, 0.2) is 18.2 Å². The highest BCUT2D eigenvalue weighted by atomic mass is 16.2. The van der Waals surface area contributed by atoms with Gasteiger partial charge in [0, 0.05) is 24.5 Å². The standard InChI is InChI=1S/C15H20N4O/c1-10-4-5-13-12(9-10)14(18-17-13)15(20)19-7-2-3-11(16)6-8-19/h4-5,9,11H,2-3,6-8,16H2,1H3,(H,17,18)/t11-/m0/s1. The fourth-order valence-corrected chi connectivity index (χ4v) is 2.77. The number of carbonyl (C=O) groups excluding carboxylic acids is 1. The van der Waals surface area contributed by atoms with Crippen molar-refractivity contribution in [1.82, 2.24) is 15.1 Å². The Kier molecular flexibility index (Phi) is 3.44. The first-order chi connectivity index (χ1) is 9.65. The number of hydrogen-bond acceptors (Lipinski definition) is 3. The number of fused-ring (bicyclic) bond motifs is 1. The Morgan fingerprint density at radius 1 is 1.40 bits per heavy atom.